The summed E-state index contributed by atoms with van der Waals surface area (Å²) < 4.78 is 17.0. The topological polar surface area (TPSA) is 82.1 Å². The van der Waals surface area contributed by atoms with Crippen LogP contribution in [-0.4, -0.2) is 52.8 Å². The first kappa shape index (κ1) is 27.7. The molecule has 2 rings (SSSR count). The van der Waals surface area contributed by atoms with Crippen molar-refractivity contribution in [2.45, 2.75) is 97.3 Å². The van der Waals surface area contributed by atoms with Crippen molar-refractivity contribution in [3.8, 4) is 0 Å². The maximum Gasteiger partial charge on any atom is 0.411 e. The Morgan fingerprint density at radius 1 is 0.971 bits per heavy atom. The Morgan fingerprint density at radius 2 is 1.59 bits per heavy atom. The number of carbonyl (C=O) groups excluding carboxylic acids is 3. The molecule has 190 valence electrons. The predicted octanol–water partition coefficient (Wildman–Crippen LogP) is 5.30. The number of likely N-dealkylation sites (tertiary alicyclic amines) is 1. The number of hydrogen-bond acceptors (Lipinski definition) is 6. The van der Waals surface area contributed by atoms with Gasteiger partial charge in [-0.05, 0) is 66.9 Å². The van der Waals surface area contributed by atoms with E-state index in [1.807, 2.05) is 51.1 Å². The number of esters is 2. The number of nitrogens with zero attached hydrogens (tertiary/aromatic N) is 1. The molecule has 2 atom stereocenters. The van der Waals surface area contributed by atoms with Gasteiger partial charge in [0.05, 0.1) is 13.0 Å². The van der Waals surface area contributed by atoms with Crippen molar-refractivity contribution < 1.29 is 28.6 Å². The van der Waals surface area contributed by atoms with Crippen LogP contribution in [0, 0.1) is 5.92 Å². The molecule has 0 N–H and O–H groups in total. The van der Waals surface area contributed by atoms with E-state index in [-0.39, 0.29) is 19.4 Å². The van der Waals surface area contributed by atoms with Crippen molar-refractivity contribution in [1.82, 2.24) is 4.90 Å². The third-order valence-corrected chi connectivity index (χ3v) is 5.73. The molecule has 0 radical (unpaired) electrons. The van der Waals surface area contributed by atoms with Crippen LogP contribution in [0.25, 0.3) is 0 Å². The van der Waals surface area contributed by atoms with E-state index in [1.54, 1.807) is 27.7 Å². The van der Waals surface area contributed by atoms with Crippen molar-refractivity contribution in [3.05, 3.63) is 35.9 Å². The van der Waals surface area contributed by atoms with E-state index >= 15 is 0 Å². The Hall–Kier alpha value is -2.57. The molecule has 0 aliphatic carbocycles. The Kier molecular flexibility index (Phi) is 9.15. The standard InChI is InChI=1S/C27H41NO6/c1-8-32-23(30)27(19-20-14-10-9-11-15-20)21(18-22(29)33-25(2,3)4)16-12-13-17-28(27)24(31)34-26(5,6)7/h9-11,14-15,21H,8,12-13,16-19H2,1-7H3/t21-,27+/m0/s1. The van der Waals surface area contributed by atoms with Gasteiger partial charge >= 0.3 is 18.0 Å². The lowest BCUT2D eigenvalue weighted by Crippen LogP contribution is -2.63. The number of hydrogen-bond donors (Lipinski definition) is 0. The molecule has 1 aromatic carbocycles. The van der Waals surface area contributed by atoms with Crippen molar-refractivity contribution in [3.63, 3.8) is 0 Å². The van der Waals surface area contributed by atoms with Crippen LogP contribution in [0.2, 0.25) is 0 Å². The van der Waals surface area contributed by atoms with Crippen molar-refractivity contribution in [2.75, 3.05) is 13.2 Å². The highest BCUT2D eigenvalue weighted by Crippen LogP contribution is 2.40. The van der Waals surface area contributed by atoms with Crippen molar-refractivity contribution in [2.24, 2.45) is 5.92 Å². The van der Waals surface area contributed by atoms with Gasteiger partial charge in [-0.25, -0.2) is 9.59 Å². The SMILES string of the molecule is CCOC(=O)[C@@]1(Cc2ccccc2)[C@H](CC(=O)OC(C)(C)C)CCCCN1C(=O)OC(C)(C)C. The van der Waals surface area contributed by atoms with Gasteiger partial charge in [-0.1, -0.05) is 36.8 Å². The first-order valence-corrected chi connectivity index (χ1v) is 12.2. The second kappa shape index (κ2) is 11.2. The van der Waals surface area contributed by atoms with Crippen LogP contribution in [0.1, 0.15) is 79.7 Å². The average molecular weight is 476 g/mol. The second-order valence-corrected chi connectivity index (χ2v) is 10.9. The van der Waals surface area contributed by atoms with Gasteiger partial charge in [0.15, 0.2) is 5.54 Å². The highest BCUT2D eigenvalue weighted by atomic mass is 16.6. The molecular formula is C27H41NO6. The molecule has 1 aliphatic heterocycles. The molecule has 1 fully saturated rings. The minimum Gasteiger partial charge on any atom is -0.464 e. The lowest BCUT2D eigenvalue weighted by molar-refractivity contribution is -0.166. The molecule has 1 aromatic rings. The molecular weight excluding hydrogens is 434 g/mol. The van der Waals surface area contributed by atoms with Gasteiger partial charge in [0.25, 0.3) is 0 Å². The van der Waals surface area contributed by atoms with Crippen LogP contribution in [0.3, 0.4) is 0 Å². The van der Waals surface area contributed by atoms with E-state index in [1.165, 1.54) is 4.90 Å². The van der Waals surface area contributed by atoms with E-state index < -0.39 is 40.7 Å². The fourth-order valence-corrected chi connectivity index (χ4v) is 4.50. The van der Waals surface area contributed by atoms with Crippen LogP contribution in [0.5, 0.6) is 0 Å². The summed E-state index contributed by atoms with van der Waals surface area (Å²) >= 11 is 0. The number of ether oxygens (including phenoxy) is 3. The van der Waals surface area contributed by atoms with Gasteiger partial charge in [0.2, 0.25) is 0 Å². The van der Waals surface area contributed by atoms with E-state index in [9.17, 15) is 14.4 Å². The fourth-order valence-electron chi connectivity index (χ4n) is 4.50. The quantitative estimate of drug-likeness (QED) is 0.410. The number of rotatable bonds is 6. The van der Waals surface area contributed by atoms with Gasteiger partial charge in [-0.3, -0.25) is 9.69 Å². The van der Waals surface area contributed by atoms with E-state index in [2.05, 4.69) is 0 Å². The zero-order valence-corrected chi connectivity index (χ0v) is 21.8. The zero-order valence-electron chi connectivity index (χ0n) is 21.8. The summed E-state index contributed by atoms with van der Waals surface area (Å²) in [5.41, 5.74) is -1.91. The summed E-state index contributed by atoms with van der Waals surface area (Å²) in [4.78, 5) is 41.8. The third kappa shape index (κ3) is 7.47. The van der Waals surface area contributed by atoms with E-state index in [0.717, 1.165) is 12.0 Å². The van der Waals surface area contributed by atoms with Gasteiger partial charge in [-0.15, -0.1) is 0 Å². The van der Waals surface area contributed by atoms with Gasteiger partial charge in [0.1, 0.15) is 11.2 Å². The minimum atomic E-state index is -1.40. The number of amides is 1. The molecule has 7 nitrogen and oxygen atoms in total. The lowest BCUT2D eigenvalue weighted by atomic mass is 9.74. The molecule has 0 aromatic heterocycles. The summed E-state index contributed by atoms with van der Waals surface area (Å²) in [5, 5.41) is 0. The maximum atomic E-state index is 13.8. The Labute approximate surface area is 204 Å². The van der Waals surface area contributed by atoms with Gasteiger partial charge in [0, 0.05) is 18.9 Å². The molecule has 1 saturated heterocycles. The van der Waals surface area contributed by atoms with E-state index in [4.69, 9.17) is 14.2 Å². The van der Waals surface area contributed by atoms with Crippen LogP contribution < -0.4 is 0 Å². The smallest absolute Gasteiger partial charge is 0.411 e. The minimum absolute atomic E-state index is 0.00220. The van der Waals surface area contributed by atoms with Crippen LogP contribution >= 0.6 is 0 Å². The van der Waals surface area contributed by atoms with Gasteiger partial charge < -0.3 is 14.2 Å². The lowest BCUT2D eigenvalue weighted by Gasteiger charge is -2.45. The van der Waals surface area contributed by atoms with Crippen LogP contribution in [0.4, 0.5) is 4.79 Å². The molecule has 0 bridgehead atoms. The van der Waals surface area contributed by atoms with E-state index in [0.29, 0.717) is 19.4 Å². The number of carbonyl (C=O) groups is 3. The van der Waals surface area contributed by atoms with Crippen LogP contribution in [-0.2, 0) is 30.2 Å². The second-order valence-electron chi connectivity index (χ2n) is 10.9. The summed E-state index contributed by atoms with van der Waals surface area (Å²) in [5.74, 6) is -1.40. The maximum absolute atomic E-state index is 13.8. The summed E-state index contributed by atoms with van der Waals surface area (Å²) in [6.07, 6.45) is 1.70. The summed E-state index contributed by atoms with van der Waals surface area (Å²) in [6, 6.07) is 9.53. The largest absolute Gasteiger partial charge is 0.464 e. The van der Waals surface area contributed by atoms with Crippen LogP contribution in [0.15, 0.2) is 30.3 Å². The first-order valence-electron chi connectivity index (χ1n) is 12.2. The highest BCUT2D eigenvalue weighted by molar-refractivity contribution is 5.88. The molecule has 1 heterocycles. The summed E-state index contributed by atoms with van der Waals surface area (Å²) in [6.45, 7) is 13.1. The molecule has 0 saturated carbocycles. The van der Waals surface area contributed by atoms with Crippen molar-refractivity contribution in [1.29, 1.82) is 0 Å². The fraction of sp³-hybridized carbons (Fsp3) is 0.667. The predicted molar refractivity (Wildman–Crippen MR) is 130 cm³/mol. The molecule has 1 amide bonds. The normalized spacial score (nSPS) is 21.4. The Bertz CT molecular complexity index is 839. The molecule has 34 heavy (non-hydrogen) atoms. The number of benzene rings is 1. The molecule has 0 spiro atoms. The van der Waals surface area contributed by atoms with Gasteiger partial charge in [-0.2, -0.15) is 0 Å². The average Bonchev–Trinajstić information content (AvgIpc) is 2.87. The molecule has 0 unspecified atom stereocenters. The molecule has 7 heteroatoms. The van der Waals surface area contributed by atoms with Crippen molar-refractivity contribution >= 4 is 18.0 Å². The highest BCUT2D eigenvalue weighted by Gasteiger charge is 2.55. The monoisotopic (exact) mass is 475 g/mol. The molecule has 1 aliphatic rings. The Morgan fingerprint density at radius 3 is 2.15 bits per heavy atom. The Balaban J connectivity index is 2.63. The summed E-state index contributed by atoms with van der Waals surface area (Å²) in [7, 11) is 0. The zero-order chi connectivity index (χ0) is 25.6. The first-order chi connectivity index (χ1) is 15.8. The third-order valence-electron chi connectivity index (χ3n) is 5.73.